The molecule has 1 aromatic heterocycles. The molecule has 5 heteroatoms. The first-order valence-corrected chi connectivity index (χ1v) is 6.94. The maximum Gasteiger partial charge on any atom is 0.242 e. The van der Waals surface area contributed by atoms with Crippen LogP contribution in [0.4, 0.5) is 0 Å². The van der Waals surface area contributed by atoms with Crippen molar-refractivity contribution in [1.82, 2.24) is 14.5 Å². The number of hydrogen-bond acceptors (Lipinski definition) is 2. The van der Waals surface area contributed by atoms with E-state index < -0.39 is 0 Å². The van der Waals surface area contributed by atoms with Crippen LogP contribution in [0.15, 0.2) is 18.2 Å². The van der Waals surface area contributed by atoms with Crippen LogP contribution in [0.5, 0.6) is 0 Å². The lowest BCUT2D eigenvalue weighted by molar-refractivity contribution is -0.131. The zero-order chi connectivity index (χ0) is 14.0. The summed E-state index contributed by atoms with van der Waals surface area (Å²) in [6.07, 6.45) is 0. The molecule has 0 aliphatic carbocycles. The Balaban J connectivity index is 2.40. The summed E-state index contributed by atoms with van der Waals surface area (Å²) in [6.45, 7) is 7.75. The number of likely N-dealkylation sites (N-methyl/N-ethyl adjacent to an activating group) is 1. The Bertz CT molecular complexity index is 652. The number of aryl methyl sites for hydroxylation is 1. The van der Waals surface area contributed by atoms with Gasteiger partial charge in [-0.25, -0.2) is 0 Å². The molecule has 0 aliphatic heterocycles. The second-order valence-corrected chi connectivity index (χ2v) is 4.99. The average molecular weight is 277 g/mol. The number of aromatic nitrogens is 2. The second-order valence-electron chi connectivity index (χ2n) is 4.60. The Morgan fingerprint density at radius 1 is 1.37 bits per heavy atom. The molecule has 2 aromatic rings. The van der Waals surface area contributed by atoms with E-state index >= 15 is 0 Å². The smallest absolute Gasteiger partial charge is 0.242 e. The van der Waals surface area contributed by atoms with Gasteiger partial charge < -0.3 is 14.5 Å². The fraction of sp³-hybridized carbons (Fsp3) is 0.429. The molecule has 0 saturated heterocycles. The van der Waals surface area contributed by atoms with Gasteiger partial charge in [-0.1, -0.05) is 6.07 Å². The van der Waals surface area contributed by atoms with E-state index in [0.717, 1.165) is 29.7 Å². The molecule has 0 fully saturated rings. The number of H-pyrrole nitrogens is 1. The molecule has 4 nitrogen and oxygen atoms in total. The zero-order valence-corrected chi connectivity index (χ0v) is 12.4. The van der Waals surface area contributed by atoms with Gasteiger partial charge in [-0.3, -0.25) is 4.79 Å². The molecule has 0 saturated carbocycles. The van der Waals surface area contributed by atoms with Crippen molar-refractivity contribution >= 4 is 29.2 Å². The van der Waals surface area contributed by atoms with Crippen molar-refractivity contribution in [2.24, 2.45) is 0 Å². The van der Waals surface area contributed by atoms with Crippen LogP contribution in [0, 0.1) is 11.7 Å². The fourth-order valence-electron chi connectivity index (χ4n) is 2.23. The number of aromatic amines is 1. The van der Waals surface area contributed by atoms with Gasteiger partial charge in [-0.05, 0) is 50.7 Å². The van der Waals surface area contributed by atoms with Gasteiger partial charge in [-0.2, -0.15) is 0 Å². The first-order chi connectivity index (χ1) is 9.06. The Hall–Kier alpha value is -1.62. The first-order valence-electron chi connectivity index (χ1n) is 6.53. The minimum Gasteiger partial charge on any atom is -0.342 e. The van der Waals surface area contributed by atoms with Crippen LogP contribution in [0.1, 0.15) is 19.4 Å². The SMILES string of the molecule is CCN(CC)C(=O)Cn1c(=S)[nH]c2ccc(C)cc21. The van der Waals surface area contributed by atoms with E-state index in [1.165, 1.54) is 0 Å². The highest BCUT2D eigenvalue weighted by atomic mass is 32.1. The number of imidazole rings is 1. The number of hydrogen-bond donors (Lipinski definition) is 1. The fourth-order valence-corrected chi connectivity index (χ4v) is 2.50. The predicted molar refractivity (Wildman–Crippen MR) is 79.8 cm³/mol. The van der Waals surface area contributed by atoms with E-state index in [0.29, 0.717) is 11.3 Å². The predicted octanol–water partition coefficient (Wildman–Crippen LogP) is 2.88. The molecule has 2 rings (SSSR count). The summed E-state index contributed by atoms with van der Waals surface area (Å²) in [4.78, 5) is 17.2. The quantitative estimate of drug-likeness (QED) is 0.873. The second kappa shape index (κ2) is 5.57. The van der Waals surface area contributed by atoms with Crippen molar-refractivity contribution < 1.29 is 4.79 Å². The molecular formula is C14H19N3OS. The van der Waals surface area contributed by atoms with E-state index in [9.17, 15) is 4.79 Å². The standard InChI is InChI=1S/C14H19N3OS/c1-4-16(5-2)13(18)9-17-12-8-10(3)6-7-11(12)15-14(17)19/h6-8H,4-5,9H2,1-3H3,(H,15,19). The van der Waals surface area contributed by atoms with Crippen LogP contribution in [0.2, 0.25) is 0 Å². The number of carbonyl (C=O) groups excluding carboxylic acids is 1. The Kier molecular flexibility index (Phi) is 4.04. The van der Waals surface area contributed by atoms with Crippen LogP contribution in [0.25, 0.3) is 11.0 Å². The molecule has 0 radical (unpaired) electrons. The van der Waals surface area contributed by atoms with E-state index in [-0.39, 0.29) is 5.91 Å². The van der Waals surface area contributed by atoms with E-state index in [4.69, 9.17) is 12.2 Å². The molecule has 0 spiro atoms. The third kappa shape index (κ3) is 2.71. The largest absolute Gasteiger partial charge is 0.342 e. The Labute approximate surface area is 118 Å². The molecule has 0 unspecified atom stereocenters. The van der Waals surface area contributed by atoms with Crippen molar-refractivity contribution in [1.29, 1.82) is 0 Å². The van der Waals surface area contributed by atoms with Crippen LogP contribution in [0.3, 0.4) is 0 Å². The van der Waals surface area contributed by atoms with Gasteiger partial charge in [0.1, 0.15) is 6.54 Å². The topological polar surface area (TPSA) is 41.0 Å². The number of rotatable bonds is 4. The summed E-state index contributed by atoms with van der Waals surface area (Å²) in [5, 5.41) is 0. The lowest BCUT2D eigenvalue weighted by Gasteiger charge is -2.19. The third-order valence-electron chi connectivity index (χ3n) is 3.34. The summed E-state index contributed by atoms with van der Waals surface area (Å²) < 4.78 is 2.47. The molecule has 19 heavy (non-hydrogen) atoms. The zero-order valence-electron chi connectivity index (χ0n) is 11.6. The number of carbonyl (C=O) groups is 1. The maximum absolute atomic E-state index is 12.2. The van der Waals surface area contributed by atoms with Crippen LogP contribution >= 0.6 is 12.2 Å². The molecule has 1 N–H and O–H groups in total. The van der Waals surface area contributed by atoms with Crippen molar-refractivity contribution in [3.63, 3.8) is 0 Å². The van der Waals surface area contributed by atoms with E-state index in [1.807, 2.05) is 42.4 Å². The van der Waals surface area contributed by atoms with Crippen molar-refractivity contribution in [3.8, 4) is 0 Å². The van der Waals surface area contributed by atoms with Crippen LogP contribution in [-0.2, 0) is 11.3 Å². The molecule has 0 atom stereocenters. The maximum atomic E-state index is 12.2. The summed E-state index contributed by atoms with van der Waals surface area (Å²) in [5.74, 6) is 0.100. The summed E-state index contributed by atoms with van der Waals surface area (Å²) >= 11 is 5.31. The highest BCUT2D eigenvalue weighted by Gasteiger charge is 2.13. The average Bonchev–Trinajstić information content (AvgIpc) is 2.67. The van der Waals surface area contributed by atoms with Gasteiger partial charge in [0, 0.05) is 13.1 Å². The molecule has 0 aliphatic rings. The first kappa shape index (κ1) is 13.8. The van der Waals surface area contributed by atoms with Gasteiger partial charge in [0.05, 0.1) is 11.0 Å². The minimum absolute atomic E-state index is 0.100. The number of nitrogens with one attached hydrogen (secondary N) is 1. The van der Waals surface area contributed by atoms with Gasteiger partial charge >= 0.3 is 0 Å². The van der Waals surface area contributed by atoms with Crippen LogP contribution < -0.4 is 0 Å². The van der Waals surface area contributed by atoms with Gasteiger partial charge in [0.2, 0.25) is 5.91 Å². The summed E-state index contributed by atoms with van der Waals surface area (Å²) in [5.41, 5.74) is 3.12. The molecular weight excluding hydrogens is 258 g/mol. The lowest BCUT2D eigenvalue weighted by Crippen LogP contribution is -2.33. The van der Waals surface area contributed by atoms with E-state index in [2.05, 4.69) is 11.1 Å². The summed E-state index contributed by atoms with van der Waals surface area (Å²) in [7, 11) is 0. The normalized spacial score (nSPS) is 10.9. The number of benzene rings is 1. The lowest BCUT2D eigenvalue weighted by atomic mass is 10.2. The number of amides is 1. The minimum atomic E-state index is 0.100. The molecule has 1 heterocycles. The highest BCUT2D eigenvalue weighted by molar-refractivity contribution is 7.71. The Morgan fingerprint density at radius 2 is 2.05 bits per heavy atom. The third-order valence-corrected chi connectivity index (χ3v) is 3.66. The molecule has 0 bridgehead atoms. The monoisotopic (exact) mass is 277 g/mol. The van der Waals surface area contributed by atoms with Crippen molar-refractivity contribution in [2.45, 2.75) is 27.3 Å². The number of nitrogens with zero attached hydrogens (tertiary/aromatic N) is 2. The van der Waals surface area contributed by atoms with Crippen LogP contribution in [-0.4, -0.2) is 33.4 Å². The summed E-state index contributed by atoms with van der Waals surface area (Å²) in [6, 6.07) is 6.08. The molecule has 102 valence electrons. The molecule has 1 amide bonds. The molecule has 1 aromatic carbocycles. The number of fused-ring (bicyclic) bond motifs is 1. The van der Waals surface area contributed by atoms with Gasteiger partial charge in [0.25, 0.3) is 0 Å². The van der Waals surface area contributed by atoms with Crippen molar-refractivity contribution in [2.75, 3.05) is 13.1 Å². The van der Waals surface area contributed by atoms with E-state index in [1.54, 1.807) is 0 Å². The van der Waals surface area contributed by atoms with Gasteiger partial charge in [0.15, 0.2) is 4.77 Å². The Morgan fingerprint density at radius 3 is 2.68 bits per heavy atom. The van der Waals surface area contributed by atoms with Crippen molar-refractivity contribution in [3.05, 3.63) is 28.5 Å². The highest BCUT2D eigenvalue weighted by Crippen LogP contribution is 2.16. The van der Waals surface area contributed by atoms with Gasteiger partial charge in [-0.15, -0.1) is 0 Å².